The zero-order chi connectivity index (χ0) is 23.7. The number of nitrogens with zero attached hydrogens (tertiary/aromatic N) is 1. The number of aryl methyl sites for hydroxylation is 2. The van der Waals surface area contributed by atoms with Crippen molar-refractivity contribution in [1.82, 2.24) is 19.9 Å². The number of aromatic nitrogens is 3. The van der Waals surface area contributed by atoms with Gasteiger partial charge in [0, 0.05) is 53.2 Å². The largest absolute Gasteiger partial charge is 0.489 e. The third kappa shape index (κ3) is 4.69. The van der Waals surface area contributed by atoms with Gasteiger partial charge >= 0.3 is 0 Å². The fraction of sp³-hybridized carbons (Fsp3) is 0.357. The molecule has 34 heavy (non-hydrogen) atoms. The molecule has 0 saturated carbocycles. The first-order valence-corrected chi connectivity index (χ1v) is 12.1. The van der Waals surface area contributed by atoms with Crippen LogP contribution in [0, 0.1) is 24.5 Å². The van der Waals surface area contributed by atoms with E-state index in [1.807, 2.05) is 0 Å². The van der Waals surface area contributed by atoms with E-state index in [0.717, 1.165) is 71.5 Å². The van der Waals surface area contributed by atoms with Crippen LogP contribution in [-0.2, 0) is 4.74 Å². The molecular weight excluding hydrogens is 424 g/mol. The summed E-state index contributed by atoms with van der Waals surface area (Å²) in [4.78, 5) is 13.2. The lowest BCUT2D eigenvalue weighted by molar-refractivity contribution is 0.0449. The number of para-hydroxylation sites is 1. The molecule has 0 unspecified atom stereocenters. The molecule has 0 bridgehead atoms. The highest BCUT2D eigenvalue weighted by Gasteiger charge is 2.10. The molecule has 6 nitrogen and oxygen atoms in total. The van der Waals surface area contributed by atoms with E-state index in [1.54, 1.807) is 0 Å². The molecule has 4 aromatic rings. The third-order valence-electron chi connectivity index (χ3n) is 6.32. The molecule has 1 aromatic carbocycles. The molecule has 6 heteroatoms. The minimum absolute atomic E-state index is 0.0809. The van der Waals surface area contributed by atoms with Crippen molar-refractivity contribution >= 4 is 23.1 Å². The first kappa shape index (κ1) is 22.6. The second kappa shape index (κ2) is 9.57. The summed E-state index contributed by atoms with van der Waals surface area (Å²) >= 11 is 0. The lowest BCUT2D eigenvalue weighted by Gasteiger charge is -2.25. The van der Waals surface area contributed by atoms with E-state index in [1.165, 1.54) is 16.2 Å². The standard InChI is InChI=1S/C28H34N4O2/c1-18(2)34-27-17-26(30-25(27)16-24-19(3)15-20(4)29-24)28-22(9-10-32-11-13-33-14-12-32)21-7-5-6-8-23(21)31-28/h5-9,15-18,29-31H,10-14H2,1-4H3/b22-9-,25-16-,28-26-. The van der Waals surface area contributed by atoms with Crippen molar-refractivity contribution in [1.29, 1.82) is 0 Å². The van der Waals surface area contributed by atoms with Crippen molar-refractivity contribution < 1.29 is 9.47 Å². The van der Waals surface area contributed by atoms with Crippen molar-refractivity contribution in [3.63, 3.8) is 0 Å². The van der Waals surface area contributed by atoms with Crippen LogP contribution in [0.15, 0.2) is 36.4 Å². The second-order valence-corrected chi connectivity index (χ2v) is 9.40. The molecule has 1 saturated heterocycles. The van der Waals surface area contributed by atoms with E-state index in [2.05, 4.69) is 96.1 Å². The molecule has 4 heterocycles. The smallest absolute Gasteiger partial charge is 0.145 e. The molecule has 0 radical (unpaired) electrons. The first-order valence-electron chi connectivity index (χ1n) is 12.1. The number of aromatic amines is 3. The van der Waals surface area contributed by atoms with E-state index in [-0.39, 0.29) is 6.10 Å². The van der Waals surface area contributed by atoms with E-state index in [9.17, 15) is 0 Å². The number of rotatable bonds is 5. The summed E-state index contributed by atoms with van der Waals surface area (Å²) in [6, 6.07) is 12.8. The summed E-state index contributed by atoms with van der Waals surface area (Å²) in [5, 5.41) is 5.52. The monoisotopic (exact) mass is 458 g/mol. The van der Waals surface area contributed by atoms with Crippen molar-refractivity contribution in [2.75, 3.05) is 32.8 Å². The fourth-order valence-electron chi connectivity index (χ4n) is 4.68. The topological polar surface area (TPSA) is 69.1 Å². The summed E-state index contributed by atoms with van der Waals surface area (Å²) in [7, 11) is 0. The number of H-pyrrole nitrogens is 3. The Labute approximate surface area is 199 Å². The molecule has 1 aliphatic rings. The highest BCUT2D eigenvalue weighted by atomic mass is 16.5. The molecule has 5 rings (SSSR count). The first-order chi connectivity index (χ1) is 16.5. The van der Waals surface area contributed by atoms with E-state index in [4.69, 9.17) is 9.47 Å². The van der Waals surface area contributed by atoms with Crippen LogP contribution in [0.5, 0.6) is 5.75 Å². The van der Waals surface area contributed by atoms with Gasteiger partial charge in [0.15, 0.2) is 0 Å². The van der Waals surface area contributed by atoms with Crippen LogP contribution in [0.25, 0.3) is 23.1 Å². The maximum atomic E-state index is 6.21. The van der Waals surface area contributed by atoms with E-state index in [0.29, 0.717) is 0 Å². The Hall–Kier alpha value is -3.22. The number of morpholine rings is 1. The minimum atomic E-state index is 0.0809. The van der Waals surface area contributed by atoms with Gasteiger partial charge in [-0.25, -0.2) is 0 Å². The van der Waals surface area contributed by atoms with Crippen LogP contribution < -0.4 is 15.3 Å². The Bertz CT molecular complexity index is 1500. The van der Waals surface area contributed by atoms with Gasteiger partial charge in [-0.3, -0.25) is 4.90 Å². The number of hydrogen-bond acceptors (Lipinski definition) is 3. The van der Waals surface area contributed by atoms with Crippen LogP contribution in [0.4, 0.5) is 0 Å². The minimum Gasteiger partial charge on any atom is -0.489 e. The highest BCUT2D eigenvalue weighted by Crippen LogP contribution is 2.13. The van der Waals surface area contributed by atoms with Gasteiger partial charge in [0.2, 0.25) is 0 Å². The molecule has 3 aromatic heterocycles. The van der Waals surface area contributed by atoms with E-state index < -0.39 is 0 Å². The van der Waals surface area contributed by atoms with Gasteiger partial charge in [-0.2, -0.15) is 0 Å². The number of ether oxygens (including phenoxy) is 2. The molecular formula is C28H34N4O2. The molecule has 1 aliphatic heterocycles. The molecule has 0 atom stereocenters. The zero-order valence-electron chi connectivity index (χ0n) is 20.5. The van der Waals surface area contributed by atoms with Gasteiger partial charge in [-0.05, 0) is 51.5 Å². The second-order valence-electron chi connectivity index (χ2n) is 9.40. The van der Waals surface area contributed by atoms with Crippen molar-refractivity contribution in [3.05, 3.63) is 74.6 Å². The van der Waals surface area contributed by atoms with E-state index >= 15 is 0 Å². The molecule has 178 valence electrons. The van der Waals surface area contributed by atoms with Gasteiger partial charge in [0.25, 0.3) is 0 Å². The summed E-state index contributed by atoms with van der Waals surface area (Å²) in [5.41, 5.74) is 4.59. The van der Waals surface area contributed by atoms with Crippen molar-refractivity contribution in [2.24, 2.45) is 0 Å². The van der Waals surface area contributed by atoms with Gasteiger partial charge in [0.05, 0.1) is 35.4 Å². The molecule has 0 amide bonds. The number of nitrogens with one attached hydrogen (secondary N) is 3. The van der Waals surface area contributed by atoms with Crippen LogP contribution in [0.2, 0.25) is 0 Å². The molecule has 0 spiro atoms. The van der Waals surface area contributed by atoms with Gasteiger partial charge < -0.3 is 24.4 Å². The van der Waals surface area contributed by atoms with Gasteiger partial charge in [-0.15, -0.1) is 0 Å². The lowest BCUT2D eigenvalue weighted by atomic mass is 10.2. The Morgan fingerprint density at radius 3 is 2.59 bits per heavy atom. The predicted octanol–water partition coefficient (Wildman–Crippen LogP) is 3.46. The van der Waals surface area contributed by atoms with Crippen molar-refractivity contribution in [2.45, 2.75) is 33.8 Å². The van der Waals surface area contributed by atoms with Crippen molar-refractivity contribution in [3.8, 4) is 5.75 Å². The fourth-order valence-corrected chi connectivity index (χ4v) is 4.68. The summed E-state index contributed by atoms with van der Waals surface area (Å²) in [5.74, 6) is 0.856. The molecule has 3 N–H and O–H groups in total. The quantitative estimate of drug-likeness (QED) is 0.429. The third-order valence-corrected chi connectivity index (χ3v) is 6.32. The summed E-state index contributed by atoms with van der Waals surface area (Å²) < 4.78 is 11.7. The Balaban J connectivity index is 1.74. The lowest BCUT2D eigenvalue weighted by Crippen LogP contribution is -2.36. The number of fused-ring (bicyclic) bond motifs is 1. The van der Waals surface area contributed by atoms with Gasteiger partial charge in [-0.1, -0.05) is 24.3 Å². The maximum Gasteiger partial charge on any atom is 0.145 e. The number of benzene rings is 1. The Kier molecular flexibility index (Phi) is 6.35. The van der Waals surface area contributed by atoms with Crippen LogP contribution in [0.1, 0.15) is 30.8 Å². The van der Waals surface area contributed by atoms with Crippen LogP contribution in [0.3, 0.4) is 0 Å². The predicted molar refractivity (Wildman–Crippen MR) is 137 cm³/mol. The Morgan fingerprint density at radius 1 is 1.06 bits per heavy atom. The molecule has 0 aliphatic carbocycles. The Morgan fingerprint density at radius 2 is 1.85 bits per heavy atom. The van der Waals surface area contributed by atoms with Gasteiger partial charge in [0.1, 0.15) is 5.75 Å². The molecule has 1 fully saturated rings. The normalized spacial score (nSPS) is 17.3. The maximum absolute atomic E-state index is 6.21. The average Bonchev–Trinajstić information content (AvgIpc) is 3.48. The average molecular weight is 459 g/mol. The summed E-state index contributed by atoms with van der Waals surface area (Å²) in [6.07, 6.45) is 4.56. The zero-order valence-corrected chi connectivity index (χ0v) is 20.5. The van der Waals surface area contributed by atoms with Crippen LogP contribution in [-0.4, -0.2) is 58.8 Å². The number of hydrogen-bond donors (Lipinski definition) is 3. The highest BCUT2D eigenvalue weighted by molar-refractivity contribution is 5.81. The summed E-state index contributed by atoms with van der Waals surface area (Å²) in [6.45, 7) is 12.8. The van der Waals surface area contributed by atoms with Crippen LogP contribution >= 0.6 is 0 Å². The SMILES string of the molecule is Cc1cc(C)c(/C=c2\[nH]/c(=c3\[nH]c4ccccc4\c3=C\CN3CCOCC3)cc2OC(C)C)[nH]1.